The molecular formula is C13H11F3N2O2. The lowest BCUT2D eigenvalue weighted by Gasteiger charge is -2.15. The van der Waals surface area contributed by atoms with Crippen molar-refractivity contribution in [3.63, 3.8) is 0 Å². The summed E-state index contributed by atoms with van der Waals surface area (Å²) in [4.78, 5) is 14.3. The maximum absolute atomic E-state index is 12.8. The van der Waals surface area contributed by atoms with Gasteiger partial charge < -0.3 is 10.1 Å². The molecule has 1 amide bonds. The minimum atomic E-state index is -4.70. The third-order valence-electron chi connectivity index (χ3n) is 2.38. The molecule has 0 saturated heterocycles. The fourth-order valence-corrected chi connectivity index (χ4v) is 1.38. The van der Waals surface area contributed by atoms with E-state index < -0.39 is 23.3 Å². The average molecular weight is 284 g/mol. The van der Waals surface area contributed by atoms with Gasteiger partial charge in [0.25, 0.3) is 5.91 Å². The highest BCUT2D eigenvalue weighted by molar-refractivity contribution is 6.03. The van der Waals surface area contributed by atoms with Crippen LogP contribution in [0.5, 0.6) is 5.75 Å². The molecule has 0 aromatic heterocycles. The van der Waals surface area contributed by atoms with Gasteiger partial charge in [-0.05, 0) is 19.1 Å². The number of alkyl halides is 3. The van der Waals surface area contributed by atoms with Crippen LogP contribution in [-0.4, -0.2) is 13.0 Å². The van der Waals surface area contributed by atoms with Gasteiger partial charge in [-0.15, -0.1) is 0 Å². The number of methoxy groups -OCH3 is 1. The van der Waals surface area contributed by atoms with Crippen LogP contribution in [0.4, 0.5) is 24.5 Å². The molecule has 0 unspecified atom stereocenters. The SMILES string of the molecule is [C-]#[N+]c1cc(OC)c(NC(=O)C(=C)C)cc1C(F)(F)F. The topological polar surface area (TPSA) is 42.7 Å². The molecule has 0 heterocycles. The maximum Gasteiger partial charge on any atom is 0.407 e. The Balaban J connectivity index is 3.41. The molecule has 0 atom stereocenters. The quantitative estimate of drug-likeness (QED) is 0.678. The van der Waals surface area contributed by atoms with Gasteiger partial charge in [0, 0.05) is 5.57 Å². The smallest absolute Gasteiger partial charge is 0.407 e. The van der Waals surface area contributed by atoms with Crippen molar-refractivity contribution in [2.24, 2.45) is 0 Å². The fourth-order valence-electron chi connectivity index (χ4n) is 1.38. The molecule has 0 radical (unpaired) electrons. The summed E-state index contributed by atoms with van der Waals surface area (Å²) >= 11 is 0. The van der Waals surface area contributed by atoms with Gasteiger partial charge in [0.1, 0.15) is 5.75 Å². The Labute approximate surface area is 113 Å². The minimum Gasteiger partial charge on any atom is -0.496 e. The number of halogens is 3. The lowest BCUT2D eigenvalue weighted by atomic mass is 10.1. The molecule has 0 saturated carbocycles. The largest absolute Gasteiger partial charge is 0.496 e. The molecule has 20 heavy (non-hydrogen) atoms. The predicted octanol–water partition coefficient (Wildman–Crippen LogP) is 3.78. The van der Waals surface area contributed by atoms with Crippen molar-refractivity contribution in [1.82, 2.24) is 0 Å². The second-order valence-corrected chi connectivity index (χ2v) is 3.91. The number of nitrogens with one attached hydrogen (secondary N) is 1. The van der Waals surface area contributed by atoms with E-state index in [1.807, 2.05) is 0 Å². The Morgan fingerprint density at radius 3 is 2.45 bits per heavy atom. The van der Waals surface area contributed by atoms with Crippen molar-refractivity contribution in [2.75, 3.05) is 12.4 Å². The number of hydrogen-bond donors (Lipinski definition) is 1. The first-order valence-corrected chi connectivity index (χ1v) is 5.34. The van der Waals surface area contributed by atoms with Crippen molar-refractivity contribution in [3.05, 3.63) is 41.3 Å². The zero-order chi connectivity index (χ0) is 15.5. The number of amides is 1. The summed E-state index contributed by atoms with van der Waals surface area (Å²) < 4.78 is 43.4. The standard InChI is InChI=1S/C13H11F3N2O2/c1-7(2)12(19)18-10-5-8(13(14,15)16)9(17-3)6-11(10)20-4/h5-6H,1H2,2,4H3,(H,18,19). The van der Waals surface area contributed by atoms with E-state index in [0.29, 0.717) is 6.07 Å². The predicted molar refractivity (Wildman–Crippen MR) is 67.7 cm³/mol. The third-order valence-corrected chi connectivity index (χ3v) is 2.38. The van der Waals surface area contributed by atoms with Crippen LogP contribution in [0.15, 0.2) is 24.3 Å². The van der Waals surface area contributed by atoms with Crippen molar-refractivity contribution in [1.29, 1.82) is 0 Å². The second-order valence-electron chi connectivity index (χ2n) is 3.91. The molecule has 0 spiro atoms. The van der Waals surface area contributed by atoms with E-state index in [-0.39, 0.29) is 17.0 Å². The summed E-state index contributed by atoms with van der Waals surface area (Å²) in [7, 11) is 1.23. The molecular weight excluding hydrogens is 273 g/mol. The molecule has 0 aliphatic rings. The Kier molecular flexibility index (Phi) is 4.40. The van der Waals surface area contributed by atoms with E-state index in [0.717, 1.165) is 6.07 Å². The molecule has 1 aromatic carbocycles. The Morgan fingerprint density at radius 2 is 2.05 bits per heavy atom. The molecule has 4 nitrogen and oxygen atoms in total. The van der Waals surface area contributed by atoms with E-state index in [1.165, 1.54) is 14.0 Å². The van der Waals surface area contributed by atoms with E-state index in [4.69, 9.17) is 11.3 Å². The van der Waals surface area contributed by atoms with Crippen LogP contribution in [0.25, 0.3) is 4.85 Å². The first-order chi connectivity index (χ1) is 9.20. The monoisotopic (exact) mass is 284 g/mol. The molecule has 7 heteroatoms. The van der Waals surface area contributed by atoms with Crippen molar-refractivity contribution in [2.45, 2.75) is 13.1 Å². The molecule has 1 N–H and O–H groups in total. The molecule has 0 aliphatic carbocycles. The summed E-state index contributed by atoms with van der Waals surface area (Å²) in [6.45, 7) is 11.6. The molecule has 0 fully saturated rings. The van der Waals surface area contributed by atoms with Crippen LogP contribution in [0.2, 0.25) is 0 Å². The summed E-state index contributed by atoms with van der Waals surface area (Å²) in [6.07, 6.45) is -4.70. The summed E-state index contributed by atoms with van der Waals surface area (Å²) in [5.41, 5.74) is -1.76. The minimum absolute atomic E-state index is 0.0291. The maximum atomic E-state index is 12.8. The van der Waals surface area contributed by atoms with Gasteiger partial charge in [0.05, 0.1) is 24.9 Å². The molecule has 0 aliphatic heterocycles. The van der Waals surface area contributed by atoms with Gasteiger partial charge in [0.2, 0.25) is 5.69 Å². The van der Waals surface area contributed by atoms with E-state index in [2.05, 4.69) is 16.7 Å². The lowest BCUT2D eigenvalue weighted by Crippen LogP contribution is -2.14. The van der Waals surface area contributed by atoms with Crippen LogP contribution in [0.1, 0.15) is 12.5 Å². The number of hydrogen-bond acceptors (Lipinski definition) is 2. The van der Waals surface area contributed by atoms with Gasteiger partial charge in [-0.2, -0.15) is 13.2 Å². The summed E-state index contributed by atoms with van der Waals surface area (Å²) in [6, 6.07) is 1.61. The highest BCUT2D eigenvalue weighted by Crippen LogP contribution is 2.42. The lowest BCUT2D eigenvalue weighted by molar-refractivity contribution is -0.136. The van der Waals surface area contributed by atoms with E-state index >= 15 is 0 Å². The average Bonchev–Trinajstić information content (AvgIpc) is 2.36. The molecule has 1 aromatic rings. The number of anilines is 1. The van der Waals surface area contributed by atoms with Gasteiger partial charge >= 0.3 is 6.18 Å². The first kappa shape index (κ1) is 15.6. The fraction of sp³-hybridized carbons (Fsp3) is 0.231. The molecule has 106 valence electrons. The molecule has 0 bridgehead atoms. The van der Waals surface area contributed by atoms with Gasteiger partial charge in [-0.1, -0.05) is 6.58 Å². The zero-order valence-electron chi connectivity index (χ0n) is 10.8. The van der Waals surface area contributed by atoms with Crippen LogP contribution >= 0.6 is 0 Å². The van der Waals surface area contributed by atoms with Crippen LogP contribution in [0, 0.1) is 6.57 Å². The first-order valence-electron chi connectivity index (χ1n) is 5.34. The van der Waals surface area contributed by atoms with Crippen molar-refractivity contribution >= 4 is 17.3 Å². The highest BCUT2D eigenvalue weighted by Gasteiger charge is 2.34. The Morgan fingerprint density at radius 1 is 1.45 bits per heavy atom. The second kappa shape index (κ2) is 5.65. The third kappa shape index (κ3) is 3.29. The number of nitrogens with zero attached hydrogens (tertiary/aromatic N) is 1. The molecule has 1 rings (SSSR count). The van der Waals surface area contributed by atoms with Crippen LogP contribution in [-0.2, 0) is 11.0 Å². The van der Waals surface area contributed by atoms with Gasteiger partial charge in [-0.3, -0.25) is 4.79 Å². The van der Waals surface area contributed by atoms with Crippen molar-refractivity contribution in [3.8, 4) is 5.75 Å². The van der Waals surface area contributed by atoms with Gasteiger partial charge in [-0.25, -0.2) is 4.85 Å². The normalized spacial score (nSPS) is 10.6. The van der Waals surface area contributed by atoms with Crippen molar-refractivity contribution < 1.29 is 22.7 Å². The Bertz CT molecular complexity index is 601. The van der Waals surface area contributed by atoms with E-state index in [9.17, 15) is 18.0 Å². The highest BCUT2D eigenvalue weighted by atomic mass is 19.4. The van der Waals surface area contributed by atoms with Crippen LogP contribution < -0.4 is 10.1 Å². The zero-order valence-corrected chi connectivity index (χ0v) is 10.8. The number of rotatable bonds is 3. The van der Waals surface area contributed by atoms with Crippen LogP contribution in [0.3, 0.4) is 0 Å². The number of carbonyl (C=O) groups excluding carboxylic acids is 1. The Hall–Kier alpha value is -2.49. The number of carbonyl (C=O) groups is 1. The van der Waals surface area contributed by atoms with Gasteiger partial charge in [0.15, 0.2) is 0 Å². The summed E-state index contributed by atoms with van der Waals surface area (Å²) in [5.74, 6) is -0.661. The summed E-state index contributed by atoms with van der Waals surface area (Å²) in [5, 5.41) is 2.26. The van der Waals surface area contributed by atoms with E-state index in [1.54, 1.807) is 0 Å². The number of ether oxygens (including phenoxy) is 1. The number of benzene rings is 1.